The van der Waals surface area contributed by atoms with Crippen molar-refractivity contribution in [2.24, 2.45) is 0 Å². The van der Waals surface area contributed by atoms with Gasteiger partial charge in [-0.1, -0.05) is 0 Å². The molecule has 0 bridgehead atoms. The van der Waals surface area contributed by atoms with Crippen LogP contribution in [0.4, 0.5) is 5.82 Å². The Bertz CT molecular complexity index is 494. The Kier molecular flexibility index (Phi) is 4.51. The molecule has 104 valence electrons. The van der Waals surface area contributed by atoms with Gasteiger partial charge in [-0.25, -0.2) is 4.68 Å². The molecule has 0 aromatic carbocycles. The van der Waals surface area contributed by atoms with Crippen molar-refractivity contribution < 1.29 is 9.53 Å². The topological polar surface area (TPSA) is 76.5 Å². The number of esters is 1. The number of carbonyl (C=O) groups is 1. The van der Waals surface area contributed by atoms with Crippen LogP contribution in [0.2, 0.25) is 0 Å². The molecule has 0 saturated carbocycles. The monoisotopic (exact) mass is 266 g/mol. The van der Waals surface area contributed by atoms with Crippen molar-refractivity contribution in [1.29, 1.82) is 0 Å². The Morgan fingerprint density at radius 1 is 1.42 bits per heavy atom. The molecule has 0 aliphatic carbocycles. The van der Waals surface area contributed by atoms with Crippen LogP contribution < -0.4 is 15.8 Å². The van der Waals surface area contributed by atoms with Crippen LogP contribution in [0.15, 0.2) is 16.9 Å². The van der Waals surface area contributed by atoms with Gasteiger partial charge in [0.25, 0.3) is 5.56 Å². The average Bonchev–Trinajstić information content (AvgIpc) is 2.47. The first-order chi connectivity index (χ1) is 9.20. The van der Waals surface area contributed by atoms with Gasteiger partial charge >= 0.3 is 5.97 Å². The highest BCUT2D eigenvalue weighted by Crippen LogP contribution is 2.08. The standard InChI is InChI=1S/C12H18N4O3/c1-19-12(18)4-7-16-11(17)3-2-10(14-16)15-8-5-13-6-9-15/h2-3,13H,4-9H2,1H3. The SMILES string of the molecule is COC(=O)CCn1nc(N2CCNCC2)ccc1=O. The van der Waals surface area contributed by atoms with Crippen molar-refractivity contribution >= 4 is 11.8 Å². The van der Waals surface area contributed by atoms with Gasteiger partial charge in [0.05, 0.1) is 20.1 Å². The fourth-order valence-corrected chi connectivity index (χ4v) is 1.96. The van der Waals surface area contributed by atoms with E-state index in [0.717, 1.165) is 32.0 Å². The van der Waals surface area contributed by atoms with E-state index >= 15 is 0 Å². The molecule has 7 heteroatoms. The van der Waals surface area contributed by atoms with E-state index in [9.17, 15) is 9.59 Å². The van der Waals surface area contributed by atoms with Gasteiger partial charge < -0.3 is 15.0 Å². The van der Waals surface area contributed by atoms with E-state index in [-0.39, 0.29) is 24.5 Å². The molecule has 0 atom stereocenters. The molecule has 0 spiro atoms. The lowest BCUT2D eigenvalue weighted by molar-refractivity contribution is -0.140. The number of methoxy groups -OCH3 is 1. The molecule has 0 amide bonds. The number of rotatable bonds is 4. The van der Waals surface area contributed by atoms with E-state index in [2.05, 4.69) is 20.1 Å². The molecule has 1 aromatic rings. The van der Waals surface area contributed by atoms with Crippen LogP contribution in [0.3, 0.4) is 0 Å². The number of nitrogens with one attached hydrogen (secondary N) is 1. The van der Waals surface area contributed by atoms with E-state index in [1.165, 1.54) is 17.9 Å². The number of hydrogen-bond acceptors (Lipinski definition) is 6. The van der Waals surface area contributed by atoms with Crippen molar-refractivity contribution in [1.82, 2.24) is 15.1 Å². The zero-order valence-corrected chi connectivity index (χ0v) is 11.0. The fraction of sp³-hybridized carbons (Fsp3) is 0.583. The van der Waals surface area contributed by atoms with Gasteiger partial charge in [0.1, 0.15) is 5.82 Å². The molecular formula is C12H18N4O3. The number of nitrogens with zero attached hydrogens (tertiary/aromatic N) is 3. The maximum Gasteiger partial charge on any atom is 0.307 e. The first-order valence-corrected chi connectivity index (χ1v) is 6.31. The minimum Gasteiger partial charge on any atom is -0.469 e. The number of piperazine rings is 1. The Hall–Kier alpha value is -1.89. The third kappa shape index (κ3) is 3.54. The van der Waals surface area contributed by atoms with Gasteiger partial charge in [-0.3, -0.25) is 9.59 Å². The van der Waals surface area contributed by atoms with Gasteiger partial charge in [0, 0.05) is 32.2 Å². The first-order valence-electron chi connectivity index (χ1n) is 6.31. The van der Waals surface area contributed by atoms with Crippen molar-refractivity contribution in [3.05, 3.63) is 22.5 Å². The molecule has 2 heterocycles. The number of ether oxygens (including phenoxy) is 1. The number of aromatic nitrogens is 2. The highest BCUT2D eigenvalue weighted by atomic mass is 16.5. The second-order valence-corrected chi connectivity index (χ2v) is 4.32. The molecule has 0 radical (unpaired) electrons. The summed E-state index contributed by atoms with van der Waals surface area (Å²) in [5.74, 6) is 0.423. The van der Waals surface area contributed by atoms with Crippen LogP contribution >= 0.6 is 0 Å². The highest BCUT2D eigenvalue weighted by molar-refractivity contribution is 5.68. The van der Waals surface area contributed by atoms with Gasteiger partial charge in [0.2, 0.25) is 0 Å². The summed E-state index contributed by atoms with van der Waals surface area (Å²) in [6, 6.07) is 3.21. The fourth-order valence-electron chi connectivity index (χ4n) is 1.96. The van der Waals surface area contributed by atoms with Crippen LogP contribution in [0.5, 0.6) is 0 Å². The van der Waals surface area contributed by atoms with E-state index in [0.29, 0.717) is 0 Å². The van der Waals surface area contributed by atoms with Crippen molar-refractivity contribution in [3.8, 4) is 0 Å². The van der Waals surface area contributed by atoms with Crippen LogP contribution in [0, 0.1) is 0 Å². The summed E-state index contributed by atoms with van der Waals surface area (Å²) < 4.78 is 5.87. The molecule has 1 aliphatic heterocycles. The molecule has 19 heavy (non-hydrogen) atoms. The second kappa shape index (κ2) is 6.33. The van der Waals surface area contributed by atoms with Crippen LogP contribution in [-0.4, -0.2) is 49.0 Å². The summed E-state index contributed by atoms with van der Waals surface area (Å²) >= 11 is 0. The molecule has 0 unspecified atom stereocenters. The van der Waals surface area contributed by atoms with E-state index < -0.39 is 0 Å². The van der Waals surface area contributed by atoms with Gasteiger partial charge in [-0.15, -0.1) is 0 Å². The quantitative estimate of drug-likeness (QED) is 0.720. The van der Waals surface area contributed by atoms with Crippen LogP contribution in [-0.2, 0) is 16.1 Å². The Morgan fingerprint density at radius 2 is 2.16 bits per heavy atom. The number of hydrogen-bond donors (Lipinski definition) is 1. The summed E-state index contributed by atoms with van der Waals surface area (Å²) in [7, 11) is 1.33. The third-order valence-corrected chi connectivity index (χ3v) is 3.05. The summed E-state index contributed by atoms with van der Waals surface area (Å²) in [6.07, 6.45) is 0.147. The average molecular weight is 266 g/mol. The van der Waals surface area contributed by atoms with Gasteiger partial charge in [-0.2, -0.15) is 5.10 Å². The molecule has 7 nitrogen and oxygen atoms in total. The van der Waals surface area contributed by atoms with Crippen LogP contribution in [0.25, 0.3) is 0 Å². The number of carbonyl (C=O) groups excluding carboxylic acids is 1. The summed E-state index contributed by atoms with van der Waals surface area (Å²) in [5, 5.41) is 7.56. The predicted molar refractivity (Wildman–Crippen MR) is 70.2 cm³/mol. The van der Waals surface area contributed by atoms with E-state index in [4.69, 9.17) is 0 Å². The first kappa shape index (κ1) is 13.5. The molecule has 1 aromatic heterocycles. The van der Waals surface area contributed by atoms with Gasteiger partial charge in [-0.05, 0) is 6.07 Å². The molecule has 1 aliphatic rings. The van der Waals surface area contributed by atoms with Crippen molar-refractivity contribution in [3.63, 3.8) is 0 Å². The summed E-state index contributed by atoms with van der Waals surface area (Å²) in [5.41, 5.74) is -0.206. The lowest BCUT2D eigenvalue weighted by Gasteiger charge is -2.28. The third-order valence-electron chi connectivity index (χ3n) is 3.05. The maximum absolute atomic E-state index is 11.7. The van der Waals surface area contributed by atoms with Crippen molar-refractivity contribution in [2.45, 2.75) is 13.0 Å². The zero-order chi connectivity index (χ0) is 13.7. The molecule has 2 rings (SSSR count). The zero-order valence-electron chi connectivity index (χ0n) is 11.0. The molecule has 1 N–H and O–H groups in total. The molecular weight excluding hydrogens is 248 g/mol. The number of anilines is 1. The second-order valence-electron chi connectivity index (χ2n) is 4.32. The normalized spacial score (nSPS) is 15.3. The Balaban J connectivity index is 2.09. The van der Waals surface area contributed by atoms with E-state index in [1.54, 1.807) is 6.07 Å². The summed E-state index contributed by atoms with van der Waals surface area (Å²) in [6.45, 7) is 3.78. The Morgan fingerprint density at radius 3 is 2.84 bits per heavy atom. The minimum atomic E-state index is -0.346. The smallest absolute Gasteiger partial charge is 0.307 e. The lowest BCUT2D eigenvalue weighted by atomic mass is 10.3. The lowest BCUT2D eigenvalue weighted by Crippen LogP contribution is -2.44. The summed E-state index contributed by atoms with van der Waals surface area (Å²) in [4.78, 5) is 24.9. The van der Waals surface area contributed by atoms with Crippen molar-refractivity contribution in [2.75, 3.05) is 38.2 Å². The molecule has 1 saturated heterocycles. The van der Waals surface area contributed by atoms with E-state index in [1.807, 2.05) is 0 Å². The Labute approximate surface area is 111 Å². The highest BCUT2D eigenvalue weighted by Gasteiger charge is 2.13. The predicted octanol–water partition coefficient (Wildman–Crippen LogP) is -0.784. The van der Waals surface area contributed by atoms with Crippen LogP contribution in [0.1, 0.15) is 6.42 Å². The maximum atomic E-state index is 11.7. The molecule has 1 fully saturated rings. The minimum absolute atomic E-state index is 0.147. The number of aryl methyl sites for hydroxylation is 1. The largest absolute Gasteiger partial charge is 0.469 e. The van der Waals surface area contributed by atoms with Gasteiger partial charge in [0.15, 0.2) is 0 Å².